The minimum atomic E-state index is -0.428. The Morgan fingerprint density at radius 3 is 2.32 bits per heavy atom. The van der Waals surface area contributed by atoms with Gasteiger partial charge in [-0.2, -0.15) is 0 Å². The first kappa shape index (κ1) is 15.7. The van der Waals surface area contributed by atoms with Gasteiger partial charge in [0.15, 0.2) is 0 Å². The van der Waals surface area contributed by atoms with Crippen LogP contribution >= 0.6 is 0 Å². The van der Waals surface area contributed by atoms with E-state index in [1.54, 1.807) is 11.8 Å². The Hall–Kier alpha value is -1.39. The number of hydrogen-bond donors (Lipinski definition) is 2. The molecule has 0 aromatic heterocycles. The standard InChI is InChI=1S/C15H24N2O2/c1-11(2)13-5-7-14(8-6-13)16-15(19)10-17(4)9-12(3)18/h5-8,11-12,18H,9-10H2,1-4H3,(H,16,19). The third kappa shape index (κ3) is 5.85. The van der Waals surface area contributed by atoms with Crippen molar-refractivity contribution in [3.05, 3.63) is 29.8 Å². The van der Waals surface area contributed by atoms with Crippen molar-refractivity contribution in [1.29, 1.82) is 0 Å². The van der Waals surface area contributed by atoms with E-state index in [4.69, 9.17) is 0 Å². The summed E-state index contributed by atoms with van der Waals surface area (Å²) >= 11 is 0. The van der Waals surface area contributed by atoms with Crippen molar-refractivity contribution in [2.45, 2.75) is 32.8 Å². The van der Waals surface area contributed by atoms with Gasteiger partial charge in [0.1, 0.15) is 0 Å². The van der Waals surface area contributed by atoms with Gasteiger partial charge in [-0.25, -0.2) is 0 Å². The molecule has 0 fully saturated rings. The summed E-state index contributed by atoms with van der Waals surface area (Å²) in [5.41, 5.74) is 2.06. The fourth-order valence-corrected chi connectivity index (χ4v) is 1.91. The molecule has 1 rings (SSSR count). The molecular formula is C15H24N2O2. The molecule has 1 aromatic rings. The van der Waals surface area contributed by atoms with E-state index >= 15 is 0 Å². The number of carbonyl (C=O) groups is 1. The highest BCUT2D eigenvalue weighted by molar-refractivity contribution is 5.92. The van der Waals surface area contributed by atoms with Crippen LogP contribution in [0.2, 0.25) is 0 Å². The minimum absolute atomic E-state index is 0.0690. The summed E-state index contributed by atoms with van der Waals surface area (Å²) in [6, 6.07) is 7.89. The van der Waals surface area contributed by atoms with Gasteiger partial charge in [-0.15, -0.1) is 0 Å². The van der Waals surface area contributed by atoms with Crippen molar-refractivity contribution < 1.29 is 9.90 Å². The first-order valence-corrected chi connectivity index (χ1v) is 6.65. The number of rotatable bonds is 6. The Morgan fingerprint density at radius 2 is 1.84 bits per heavy atom. The highest BCUT2D eigenvalue weighted by Crippen LogP contribution is 2.16. The Kier molecular flexibility index (Phi) is 5.99. The fourth-order valence-electron chi connectivity index (χ4n) is 1.91. The van der Waals surface area contributed by atoms with Crippen molar-refractivity contribution in [2.24, 2.45) is 0 Å². The van der Waals surface area contributed by atoms with Crippen molar-refractivity contribution in [3.8, 4) is 0 Å². The molecule has 0 aliphatic rings. The monoisotopic (exact) mass is 264 g/mol. The van der Waals surface area contributed by atoms with Crippen LogP contribution in [0, 0.1) is 0 Å². The SMILES string of the molecule is CC(O)CN(C)CC(=O)Nc1ccc(C(C)C)cc1. The van der Waals surface area contributed by atoms with E-state index in [1.165, 1.54) is 5.56 Å². The second-order valence-corrected chi connectivity index (χ2v) is 5.37. The zero-order valence-corrected chi connectivity index (χ0v) is 12.2. The van der Waals surface area contributed by atoms with Gasteiger partial charge in [0.25, 0.3) is 0 Å². The molecule has 0 spiro atoms. The maximum absolute atomic E-state index is 11.8. The van der Waals surface area contributed by atoms with Crippen LogP contribution in [0.4, 0.5) is 5.69 Å². The first-order valence-electron chi connectivity index (χ1n) is 6.65. The van der Waals surface area contributed by atoms with Crippen molar-refractivity contribution >= 4 is 11.6 Å². The lowest BCUT2D eigenvalue weighted by Gasteiger charge is -2.17. The fraction of sp³-hybridized carbons (Fsp3) is 0.533. The van der Waals surface area contributed by atoms with Crippen LogP contribution in [0.3, 0.4) is 0 Å². The number of nitrogens with zero attached hydrogens (tertiary/aromatic N) is 1. The molecule has 0 saturated heterocycles. The molecule has 1 aromatic carbocycles. The van der Waals surface area contributed by atoms with Crippen LogP contribution in [0.15, 0.2) is 24.3 Å². The molecule has 0 heterocycles. The average Bonchev–Trinajstić information content (AvgIpc) is 2.27. The van der Waals surface area contributed by atoms with Crippen LogP contribution < -0.4 is 5.32 Å². The number of carbonyl (C=O) groups excluding carboxylic acids is 1. The van der Waals surface area contributed by atoms with Crippen molar-refractivity contribution in [2.75, 3.05) is 25.5 Å². The van der Waals surface area contributed by atoms with Gasteiger partial charge >= 0.3 is 0 Å². The molecule has 0 radical (unpaired) electrons. The Labute approximate surface area is 115 Å². The number of aliphatic hydroxyl groups excluding tert-OH is 1. The quantitative estimate of drug-likeness (QED) is 0.827. The molecule has 0 aliphatic carbocycles. The number of benzene rings is 1. The maximum Gasteiger partial charge on any atom is 0.238 e. The summed E-state index contributed by atoms with van der Waals surface area (Å²) in [6.45, 7) is 6.74. The number of aliphatic hydroxyl groups is 1. The van der Waals surface area contributed by atoms with Gasteiger partial charge in [-0.1, -0.05) is 26.0 Å². The lowest BCUT2D eigenvalue weighted by molar-refractivity contribution is -0.117. The molecule has 2 N–H and O–H groups in total. The summed E-state index contributed by atoms with van der Waals surface area (Å²) in [6.07, 6.45) is -0.428. The average molecular weight is 264 g/mol. The van der Waals surface area contributed by atoms with E-state index in [-0.39, 0.29) is 12.5 Å². The molecule has 0 saturated carbocycles. The molecule has 19 heavy (non-hydrogen) atoms. The first-order chi connectivity index (χ1) is 8.88. The molecule has 1 amide bonds. The molecule has 1 unspecified atom stereocenters. The lowest BCUT2D eigenvalue weighted by Crippen LogP contribution is -2.34. The highest BCUT2D eigenvalue weighted by atomic mass is 16.3. The van der Waals surface area contributed by atoms with Gasteiger partial charge in [-0.05, 0) is 37.6 Å². The number of nitrogens with one attached hydrogen (secondary N) is 1. The summed E-state index contributed by atoms with van der Waals surface area (Å²) in [5, 5.41) is 12.1. The van der Waals surface area contributed by atoms with Crippen LogP contribution in [0.5, 0.6) is 0 Å². The van der Waals surface area contributed by atoms with Crippen molar-refractivity contribution in [1.82, 2.24) is 4.90 Å². The van der Waals surface area contributed by atoms with Crippen molar-refractivity contribution in [3.63, 3.8) is 0 Å². The number of hydrogen-bond acceptors (Lipinski definition) is 3. The lowest BCUT2D eigenvalue weighted by atomic mass is 10.0. The molecule has 1 atom stereocenters. The van der Waals surface area contributed by atoms with Gasteiger partial charge in [0, 0.05) is 12.2 Å². The second-order valence-electron chi connectivity index (χ2n) is 5.37. The van der Waals surface area contributed by atoms with Crippen LogP contribution in [0.1, 0.15) is 32.3 Å². The zero-order valence-electron chi connectivity index (χ0n) is 12.2. The number of amides is 1. The normalized spacial score (nSPS) is 12.8. The molecule has 106 valence electrons. The summed E-state index contributed by atoms with van der Waals surface area (Å²) in [4.78, 5) is 13.6. The third-order valence-corrected chi connectivity index (χ3v) is 2.85. The topological polar surface area (TPSA) is 52.6 Å². The molecule has 4 heteroatoms. The number of anilines is 1. The van der Waals surface area contributed by atoms with E-state index in [0.717, 1.165) is 5.69 Å². The van der Waals surface area contributed by atoms with Crippen LogP contribution in [0.25, 0.3) is 0 Å². The molecule has 0 bridgehead atoms. The Balaban J connectivity index is 2.48. The second kappa shape index (κ2) is 7.26. The Bertz CT molecular complexity index is 399. The Morgan fingerprint density at radius 1 is 1.26 bits per heavy atom. The zero-order chi connectivity index (χ0) is 14.4. The largest absolute Gasteiger partial charge is 0.392 e. The summed E-state index contributed by atoms with van der Waals surface area (Å²) in [5.74, 6) is 0.419. The van der Waals surface area contributed by atoms with E-state index in [9.17, 15) is 9.90 Å². The minimum Gasteiger partial charge on any atom is -0.392 e. The van der Waals surface area contributed by atoms with Crippen LogP contribution in [-0.2, 0) is 4.79 Å². The predicted molar refractivity (Wildman–Crippen MR) is 78.3 cm³/mol. The summed E-state index contributed by atoms with van der Waals surface area (Å²) in [7, 11) is 1.81. The van der Waals surface area contributed by atoms with E-state index < -0.39 is 6.10 Å². The highest BCUT2D eigenvalue weighted by Gasteiger charge is 2.09. The molecule has 4 nitrogen and oxygen atoms in total. The molecule has 0 aliphatic heterocycles. The molecular weight excluding hydrogens is 240 g/mol. The number of likely N-dealkylation sites (N-methyl/N-ethyl adjacent to an activating group) is 1. The summed E-state index contributed by atoms with van der Waals surface area (Å²) < 4.78 is 0. The smallest absolute Gasteiger partial charge is 0.238 e. The van der Waals surface area contributed by atoms with Gasteiger partial charge in [0.2, 0.25) is 5.91 Å². The predicted octanol–water partition coefficient (Wildman–Crippen LogP) is 2.06. The van der Waals surface area contributed by atoms with E-state index in [1.807, 2.05) is 31.3 Å². The maximum atomic E-state index is 11.8. The van der Waals surface area contributed by atoms with Gasteiger partial charge in [-0.3, -0.25) is 9.69 Å². The van der Waals surface area contributed by atoms with E-state index in [2.05, 4.69) is 19.2 Å². The van der Waals surface area contributed by atoms with E-state index in [0.29, 0.717) is 12.5 Å². The van der Waals surface area contributed by atoms with Gasteiger partial charge < -0.3 is 10.4 Å². The third-order valence-electron chi connectivity index (χ3n) is 2.85. The van der Waals surface area contributed by atoms with Gasteiger partial charge in [0.05, 0.1) is 12.6 Å². The van der Waals surface area contributed by atoms with Crippen LogP contribution in [-0.4, -0.2) is 42.2 Å².